The molecule has 0 aliphatic carbocycles. The van der Waals surface area contributed by atoms with Crippen molar-refractivity contribution in [3.8, 4) is 0 Å². The number of rotatable bonds is 4. The third kappa shape index (κ3) is 12.4. The first-order chi connectivity index (χ1) is 5.04. The van der Waals surface area contributed by atoms with Crippen LogP contribution in [-0.2, 0) is 18.1 Å². The van der Waals surface area contributed by atoms with Crippen molar-refractivity contribution in [1.29, 1.82) is 0 Å². The average Bonchev–Trinajstić information content (AvgIpc) is 2.00. The Kier molecular flexibility index (Phi) is 24.1. The molecule has 0 radical (unpaired) electrons. The van der Waals surface area contributed by atoms with Crippen molar-refractivity contribution in [3.05, 3.63) is 10.8 Å². The number of hydrogen-bond donors (Lipinski definition) is 1. The molecule has 0 saturated heterocycles. The fraction of sp³-hybridized carbons (Fsp3) is 0.500. The van der Waals surface area contributed by atoms with Gasteiger partial charge < -0.3 is 12.1 Å². The average molecular weight is 312 g/mol. The van der Waals surface area contributed by atoms with Crippen LogP contribution in [0.4, 0.5) is 0 Å². The summed E-state index contributed by atoms with van der Waals surface area (Å²) in [7, 11) is -1.12. The first-order valence-corrected chi connectivity index (χ1v) is 4.67. The van der Waals surface area contributed by atoms with Crippen molar-refractivity contribution in [1.82, 2.24) is 6.15 Å². The minimum Gasteiger partial charge on any atom is -1.00 e. The standard InChI is InChI=1S/C4H7Cl2O4P.K.H3N.H3P.H/c1-8-11(7,9-2)10-3-4(5)6;;;;/h3H,1-2H3;;2*1H3;/q;+1;;;-1. The Labute approximate surface area is 141 Å². The summed E-state index contributed by atoms with van der Waals surface area (Å²) in [5.74, 6) is 0. The molecule has 0 bridgehead atoms. The van der Waals surface area contributed by atoms with Gasteiger partial charge >= 0.3 is 59.2 Å². The SMILES string of the molecule is COP(=O)(OC)OC=C(Cl)Cl.N.P.[H-].[K+]. The molecule has 0 fully saturated rings. The largest absolute Gasteiger partial charge is 1.00 e. The van der Waals surface area contributed by atoms with Crippen LogP contribution in [0.15, 0.2) is 10.8 Å². The van der Waals surface area contributed by atoms with Gasteiger partial charge in [-0.3, -0.25) is 9.05 Å². The molecule has 84 valence electrons. The maximum atomic E-state index is 11.0. The van der Waals surface area contributed by atoms with Gasteiger partial charge in [0.15, 0.2) is 0 Å². The number of phosphoric acid groups is 1. The quantitative estimate of drug-likeness (QED) is 0.450. The fourth-order valence-electron chi connectivity index (χ4n) is 0.265. The zero-order chi connectivity index (χ0) is 8.91. The van der Waals surface area contributed by atoms with Crippen LogP contribution in [0, 0.1) is 0 Å². The maximum Gasteiger partial charge on any atom is 1.00 e. The Morgan fingerprint density at radius 1 is 1.36 bits per heavy atom. The minimum absolute atomic E-state index is 0. The summed E-state index contributed by atoms with van der Waals surface area (Å²) < 4.78 is 24.1. The minimum atomic E-state index is -3.48. The van der Waals surface area contributed by atoms with Crippen LogP contribution < -0.4 is 57.5 Å². The van der Waals surface area contributed by atoms with E-state index in [1.807, 2.05) is 0 Å². The molecule has 0 aromatic rings. The fourth-order valence-corrected chi connectivity index (χ4v) is 1.03. The van der Waals surface area contributed by atoms with E-state index in [0.717, 1.165) is 6.26 Å². The van der Waals surface area contributed by atoms with Crippen molar-refractivity contribution in [2.75, 3.05) is 14.2 Å². The number of phosphoric ester groups is 1. The van der Waals surface area contributed by atoms with Crippen LogP contribution >= 0.6 is 40.9 Å². The molecule has 0 spiro atoms. The van der Waals surface area contributed by atoms with Gasteiger partial charge in [-0.15, -0.1) is 0 Å². The summed E-state index contributed by atoms with van der Waals surface area (Å²) in [4.78, 5) is 0. The first-order valence-electron chi connectivity index (χ1n) is 2.45. The molecular weight excluding hydrogens is 298 g/mol. The van der Waals surface area contributed by atoms with E-state index in [-0.39, 0.29) is 73.4 Å². The molecule has 0 aromatic heterocycles. The predicted octanol–water partition coefficient (Wildman–Crippen LogP) is 0.0170. The van der Waals surface area contributed by atoms with Gasteiger partial charge in [-0.2, -0.15) is 9.90 Å². The smallest absolute Gasteiger partial charge is 1.00 e. The van der Waals surface area contributed by atoms with E-state index in [1.54, 1.807) is 0 Å². The summed E-state index contributed by atoms with van der Waals surface area (Å²) >= 11 is 10.3. The number of hydrogen-bond acceptors (Lipinski definition) is 5. The molecule has 0 heterocycles. The second-order valence-corrected chi connectivity index (χ2v) is 4.17. The van der Waals surface area contributed by atoms with Crippen molar-refractivity contribution in [2.45, 2.75) is 0 Å². The van der Waals surface area contributed by atoms with Crippen LogP contribution in [0.2, 0.25) is 0 Å². The Hall–Kier alpha value is 2.30. The van der Waals surface area contributed by atoms with E-state index in [9.17, 15) is 4.57 Å². The van der Waals surface area contributed by atoms with Crippen molar-refractivity contribution in [3.63, 3.8) is 0 Å². The molecule has 0 aliphatic heterocycles. The molecule has 14 heavy (non-hydrogen) atoms. The molecule has 1 atom stereocenters. The van der Waals surface area contributed by atoms with Gasteiger partial charge in [0.2, 0.25) is 0 Å². The Morgan fingerprint density at radius 2 is 1.71 bits per heavy atom. The van der Waals surface area contributed by atoms with Crippen molar-refractivity contribution >= 4 is 40.9 Å². The Morgan fingerprint density at radius 3 is 1.93 bits per heavy atom. The van der Waals surface area contributed by atoms with Gasteiger partial charge in [-0.25, -0.2) is 4.57 Å². The molecule has 0 rings (SSSR count). The Bertz CT molecular complexity index is 199. The second kappa shape index (κ2) is 13.4. The molecule has 0 aliphatic rings. The Balaban J connectivity index is -0.0000000833. The van der Waals surface area contributed by atoms with Gasteiger partial charge in [-0.1, -0.05) is 23.2 Å². The summed E-state index contributed by atoms with van der Waals surface area (Å²) in [6.07, 6.45) is 0.872. The van der Waals surface area contributed by atoms with Gasteiger partial charge in [0.25, 0.3) is 0 Å². The van der Waals surface area contributed by atoms with E-state index in [0.29, 0.717) is 0 Å². The molecule has 0 saturated carbocycles. The normalized spacial score (nSPS) is 8.57. The molecule has 3 N–H and O–H groups in total. The zero-order valence-electron chi connectivity index (χ0n) is 9.33. The van der Waals surface area contributed by atoms with E-state index >= 15 is 0 Å². The van der Waals surface area contributed by atoms with Gasteiger partial charge in [-0.05, 0) is 0 Å². The van der Waals surface area contributed by atoms with Crippen molar-refractivity contribution in [2.24, 2.45) is 0 Å². The van der Waals surface area contributed by atoms with Crippen molar-refractivity contribution < 1.29 is 70.9 Å². The predicted molar refractivity (Wildman–Crippen MR) is 59.7 cm³/mol. The summed E-state index contributed by atoms with van der Waals surface area (Å²) in [6.45, 7) is 0. The van der Waals surface area contributed by atoms with Gasteiger partial charge in [0.1, 0.15) is 10.8 Å². The van der Waals surface area contributed by atoms with Crippen LogP contribution in [0.5, 0.6) is 0 Å². The van der Waals surface area contributed by atoms with E-state index in [4.69, 9.17) is 23.2 Å². The molecule has 10 heteroatoms. The third-order valence-electron chi connectivity index (χ3n) is 0.718. The molecule has 5 nitrogen and oxygen atoms in total. The van der Waals surface area contributed by atoms with Gasteiger partial charge in [0.05, 0.1) is 0 Å². The summed E-state index contributed by atoms with van der Waals surface area (Å²) in [5, 5.41) is 0. The number of halogens is 2. The monoisotopic (exact) mass is 311 g/mol. The first kappa shape index (κ1) is 25.2. The molecular formula is C4H14Cl2KNO4P2. The van der Waals surface area contributed by atoms with Crippen LogP contribution in [-0.4, -0.2) is 14.2 Å². The molecule has 1 unspecified atom stereocenters. The van der Waals surface area contributed by atoms with Crippen LogP contribution in [0.25, 0.3) is 0 Å². The summed E-state index contributed by atoms with van der Waals surface area (Å²) in [6, 6.07) is 0. The van der Waals surface area contributed by atoms with Gasteiger partial charge in [0, 0.05) is 14.2 Å². The maximum absolute atomic E-state index is 11.0. The molecule has 0 aromatic carbocycles. The zero-order valence-corrected chi connectivity index (χ0v) is 15.3. The van der Waals surface area contributed by atoms with Crippen LogP contribution in [0.3, 0.4) is 0 Å². The molecule has 0 amide bonds. The second-order valence-electron chi connectivity index (χ2n) is 1.33. The van der Waals surface area contributed by atoms with E-state index in [2.05, 4.69) is 13.6 Å². The third-order valence-corrected chi connectivity index (χ3v) is 2.15. The summed E-state index contributed by atoms with van der Waals surface area (Å²) in [5.41, 5.74) is 0. The van der Waals surface area contributed by atoms with E-state index in [1.165, 1.54) is 14.2 Å². The topological polar surface area (TPSA) is 79.8 Å². The van der Waals surface area contributed by atoms with Crippen LogP contribution in [0.1, 0.15) is 1.43 Å². The van der Waals surface area contributed by atoms with E-state index < -0.39 is 7.82 Å².